The van der Waals surface area contributed by atoms with Crippen LogP contribution in [0.5, 0.6) is 0 Å². The van der Waals surface area contributed by atoms with Crippen molar-refractivity contribution >= 4 is 16.8 Å². The molecule has 1 aliphatic rings. The average Bonchev–Trinajstić information content (AvgIpc) is 2.13. The normalized spacial score (nSPS) is 34.8. The number of hydrogen-bond donors (Lipinski definition) is 0. The molecule has 2 heteroatoms. The molecule has 0 aromatic rings. The molecular formula is C11H19NS. The molecule has 1 rings (SSSR count). The van der Waals surface area contributed by atoms with Gasteiger partial charge in [-0.25, -0.2) is 0 Å². The monoisotopic (exact) mass is 197 g/mol. The molecule has 0 spiro atoms. The fourth-order valence-electron chi connectivity index (χ4n) is 1.61. The zero-order chi connectivity index (χ0) is 9.84. The van der Waals surface area contributed by atoms with Gasteiger partial charge in [0, 0.05) is 5.70 Å². The molecule has 0 amide bonds. The summed E-state index contributed by atoms with van der Waals surface area (Å²) in [5, 5.41) is 1.30. The van der Waals surface area contributed by atoms with Gasteiger partial charge >= 0.3 is 0 Å². The highest BCUT2D eigenvalue weighted by molar-refractivity contribution is 8.13. The van der Waals surface area contributed by atoms with Crippen molar-refractivity contribution in [2.45, 2.75) is 40.0 Å². The largest absolute Gasteiger partial charge is 0.251 e. The summed E-state index contributed by atoms with van der Waals surface area (Å²) in [6.07, 6.45) is 5.87. The smallest absolute Gasteiger partial charge is 0.0731 e. The van der Waals surface area contributed by atoms with Gasteiger partial charge < -0.3 is 0 Å². The maximum Gasteiger partial charge on any atom is 0.0731 e. The van der Waals surface area contributed by atoms with E-state index in [2.05, 4.69) is 32.0 Å². The Morgan fingerprint density at radius 1 is 1.38 bits per heavy atom. The first-order chi connectivity index (χ1) is 6.15. The zero-order valence-electron chi connectivity index (χ0n) is 9.05. The third-order valence-corrected chi connectivity index (χ3v) is 3.63. The first-order valence-corrected chi connectivity index (χ1v) is 6.16. The molecule has 1 heterocycles. The van der Waals surface area contributed by atoms with Gasteiger partial charge in [0.15, 0.2) is 0 Å². The molecular weight excluding hydrogens is 178 g/mol. The third kappa shape index (κ3) is 2.87. The van der Waals surface area contributed by atoms with Gasteiger partial charge in [0.05, 0.1) is 5.04 Å². The van der Waals surface area contributed by atoms with Crippen LogP contribution in [0.3, 0.4) is 0 Å². The molecule has 0 saturated heterocycles. The Morgan fingerprint density at radius 2 is 2.08 bits per heavy atom. The average molecular weight is 197 g/mol. The Balaban J connectivity index is 2.91. The highest BCUT2D eigenvalue weighted by Gasteiger charge is 2.11. The van der Waals surface area contributed by atoms with E-state index in [1.54, 1.807) is 11.8 Å². The Morgan fingerprint density at radius 3 is 2.69 bits per heavy atom. The van der Waals surface area contributed by atoms with Crippen LogP contribution in [-0.4, -0.2) is 11.3 Å². The van der Waals surface area contributed by atoms with E-state index in [9.17, 15) is 0 Å². The van der Waals surface area contributed by atoms with E-state index in [0.717, 1.165) is 6.42 Å². The molecule has 0 radical (unpaired) electrons. The standard InChI is InChI=1S/C11H19NS/c1-8-6-5-7-11(13-4)12-10(3)9(8)2/h8H,5-7H2,1-4H3/b10-9-,12-11+. The van der Waals surface area contributed by atoms with Crippen LogP contribution in [0.4, 0.5) is 0 Å². The van der Waals surface area contributed by atoms with E-state index in [0.29, 0.717) is 5.92 Å². The lowest BCUT2D eigenvalue weighted by atomic mass is 9.94. The van der Waals surface area contributed by atoms with Crippen molar-refractivity contribution < 1.29 is 0 Å². The van der Waals surface area contributed by atoms with E-state index in [-0.39, 0.29) is 0 Å². The van der Waals surface area contributed by atoms with Gasteiger partial charge in [-0.2, -0.15) is 0 Å². The van der Waals surface area contributed by atoms with E-state index >= 15 is 0 Å². The van der Waals surface area contributed by atoms with Gasteiger partial charge in [0.1, 0.15) is 0 Å². The van der Waals surface area contributed by atoms with Crippen molar-refractivity contribution in [1.82, 2.24) is 0 Å². The Bertz CT molecular complexity index is 240. The van der Waals surface area contributed by atoms with Crippen molar-refractivity contribution in [2.75, 3.05) is 6.26 Å². The highest BCUT2D eigenvalue weighted by Crippen LogP contribution is 2.25. The summed E-state index contributed by atoms with van der Waals surface area (Å²) in [5.74, 6) is 0.715. The lowest BCUT2D eigenvalue weighted by Gasteiger charge is -2.17. The molecule has 13 heavy (non-hydrogen) atoms. The Hall–Kier alpha value is -0.240. The van der Waals surface area contributed by atoms with Gasteiger partial charge in [0.2, 0.25) is 0 Å². The van der Waals surface area contributed by atoms with Gasteiger partial charge in [-0.1, -0.05) is 6.92 Å². The van der Waals surface area contributed by atoms with Crippen molar-refractivity contribution in [1.29, 1.82) is 0 Å². The van der Waals surface area contributed by atoms with Crippen molar-refractivity contribution in [3.05, 3.63) is 11.3 Å². The molecule has 1 atom stereocenters. The van der Waals surface area contributed by atoms with Crippen LogP contribution in [-0.2, 0) is 0 Å². The van der Waals surface area contributed by atoms with Crippen LogP contribution in [0.25, 0.3) is 0 Å². The molecule has 0 bridgehead atoms. The summed E-state index contributed by atoms with van der Waals surface area (Å²) in [4.78, 5) is 4.65. The lowest BCUT2D eigenvalue weighted by molar-refractivity contribution is 0.580. The summed E-state index contributed by atoms with van der Waals surface area (Å²) < 4.78 is 0. The maximum absolute atomic E-state index is 4.65. The van der Waals surface area contributed by atoms with Gasteiger partial charge in [-0.15, -0.1) is 11.8 Å². The lowest BCUT2D eigenvalue weighted by Crippen LogP contribution is -2.05. The van der Waals surface area contributed by atoms with Crippen LogP contribution in [0, 0.1) is 5.92 Å². The maximum atomic E-state index is 4.65. The highest BCUT2D eigenvalue weighted by atomic mass is 32.2. The molecule has 1 aliphatic heterocycles. The molecule has 74 valence electrons. The van der Waals surface area contributed by atoms with Gasteiger partial charge in [-0.3, -0.25) is 4.99 Å². The third-order valence-electron chi connectivity index (χ3n) is 2.87. The topological polar surface area (TPSA) is 12.4 Å². The number of thioether (sulfide) groups is 1. The zero-order valence-corrected chi connectivity index (χ0v) is 9.87. The van der Waals surface area contributed by atoms with Crippen LogP contribution in [0.15, 0.2) is 16.3 Å². The fourth-order valence-corrected chi connectivity index (χ4v) is 2.19. The predicted molar refractivity (Wildman–Crippen MR) is 62.3 cm³/mol. The molecule has 0 fully saturated rings. The summed E-state index contributed by atoms with van der Waals surface area (Å²) in [5.41, 5.74) is 2.70. The van der Waals surface area contributed by atoms with E-state index < -0.39 is 0 Å². The SMILES string of the molecule is CS/C1=N/C(C)=C(/C)C(C)CCC1. The Kier molecular flexibility index (Phi) is 4.04. The summed E-state index contributed by atoms with van der Waals surface area (Å²) >= 11 is 1.79. The van der Waals surface area contributed by atoms with Crippen LogP contribution in [0.2, 0.25) is 0 Å². The van der Waals surface area contributed by atoms with E-state index in [1.165, 1.54) is 29.2 Å². The van der Waals surface area contributed by atoms with Gasteiger partial charge in [0.25, 0.3) is 0 Å². The molecule has 0 N–H and O–H groups in total. The van der Waals surface area contributed by atoms with Crippen molar-refractivity contribution in [3.8, 4) is 0 Å². The molecule has 0 aliphatic carbocycles. The second-order valence-electron chi connectivity index (χ2n) is 3.77. The summed E-state index contributed by atoms with van der Waals surface area (Å²) in [6, 6.07) is 0. The number of aliphatic imine (C=N–C) groups is 1. The second-order valence-corrected chi connectivity index (χ2v) is 4.65. The van der Waals surface area contributed by atoms with E-state index in [1.807, 2.05) is 0 Å². The van der Waals surface area contributed by atoms with Crippen LogP contribution in [0.1, 0.15) is 40.0 Å². The minimum Gasteiger partial charge on any atom is -0.251 e. The summed E-state index contributed by atoms with van der Waals surface area (Å²) in [7, 11) is 0. The minimum absolute atomic E-state index is 0.715. The van der Waals surface area contributed by atoms with E-state index in [4.69, 9.17) is 0 Å². The number of nitrogens with zero attached hydrogens (tertiary/aromatic N) is 1. The first-order valence-electron chi connectivity index (χ1n) is 4.94. The molecule has 0 aromatic carbocycles. The molecule has 0 aromatic heterocycles. The van der Waals surface area contributed by atoms with Crippen molar-refractivity contribution in [2.24, 2.45) is 10.9 Å². The minimum atomic E-state index is 0.715. The van der Waals surface area contributed by atoms with Gasteiger partial charge in [-0.05, 0) is 50.9 Å². The fraction of sp³-hybridized carbons (Fsp3) is 0.727. The van der Waals surface area contributed by atoms with Crippen molar-refractivity contribution in [3.63, 3.8) is 0 Å². The number of rotatable bonds is 0. The summed E-state index contributed by atoms with van der Waals surface area (Å²) in [6.45, 7) is 6.65. The molecule has 1 unspecified atom stereocenters. The van der Waals surface area contributed by atoms with Crippen LogP contribution >= 0.6 is 11.8 Å². The first kappa shape index (κ1) is 10.8. The quantitative estimate of drug-likeness (QED) is 0.574. The second kappa shape index (κ2) is 4.85. The number of allylic oxidation sites excluding steroid dienone is 2. The predicted octanol–water partition coefficient (Wildman–Crippen LogP) is 3.86. The molecule has 0 saturated carbocycles. The Labute approximate surface area is 85.7 Å². The van der Waals surface area contributed by atoms with Crippen LogP contribution < -0.4 is 0 Å². The molecule has 1 nitrogen and oxygen atoms in total. The number of hydrogen-bond acceptors (Lipinski definition) is 2.